The number of fused-ring (bicyclic) bond motifs is 1. The van der Waals surface area contributed by atoms with E-state index >= 15 is 0 Å². The summed E-state index contributed by atoms with van der Waals surface area (Å²) < 4.78 is 5.69. The summed E-state index contributed by atoms with van der Waals surface area (Å²) in [6.07, 6.45) is 1.68. The van der Waals surface area contributed by atoms with Crippen LogP contribution in [0.4, 0.5) is 5.82 Å². The first-order valence-corrected chi connectivity index (χ1v) is 8.34. The lowest BCUT2D eigenvalue weighted by molar-refractivity contribution is -0.122. The zero-order chi connectivity index (χ0) is 17.2. The van der Waals surface area contributed by atoms with Crippen LogP contribution < -0.4 is 10.1 Å². The fourth-order valence-corrected chi connectivity index (χ4v) is 3.03. The zero-order valence-corrected chi connectivity index (χ0v) is 14.0. The van der Waals surface area contributed by atoms with E-state index in [-0.39, 0.29) is 5.91 Å². The molecule has 124 valence electrons. The quantitative estimate of drug-likeness (QED) is 0.764. The Hall–Kier alpha value is -2.85. The van der Waals surface area contributed by atoms with Crippen LogP contribution in [0.15, 0.2) is 66.9 Å². The fourth-order valence-electron chi connectivity index (χ4n) is 2.84. The number of aromatic nitrogens is 1. The molecule has 1 N–H and O–H groups in total. The highest BCUT2D eigenvalue weighted by molar-refractivity contribution is 6.30. The van der Waals surface area contributed by atoms with E-state index in [1.54, 1.807) is 24.4 Å². The van der Waals surface area contributed by atoms with Gasteiger partial charge in [0, 0.05) is 23.2 Å². The first-order chi connectivity index (χ1) is 12.2. The number of anilines is 1. The summed E-state index contributed by atoms with van der Waals surface area (Å²) in [6, 6.07) is 19.1. The molecule has 3 aromatic rings. The summed E-state index contributed by atoms with van der Waals surface area (Å²) >= 11 is 5.98. The molecule has 2 aromatic carbocycles. The molecule has 4 nitrogen and oxygen atoms in total. The topological polar surface area (TPSA) is 51.2 Å². The maximum atomic E-state index is 12.4. The van der Waals surface area contributed by atoms with Crippen LogP contribution in [0, 0.1) is 0 Å². The summed E-state index contributed by atoms with van der Waals surface area (Å²) in [5.74, 6) is 0.992. The lowest BCUT2D eigenvalue weighted by Crippen LogP contribution is -2.31. The molecule has 0 spiro atoms. The second-order valence-electron chi connectivity index (χ2n) is 5.85. The molecule has 1 aliphatic rings. The van der Waals surface area contributed by atoms with Crippen LogP contribution in [-0.4, -0.2) is 17.0 Å². The van der Waals surface area contributed by atoms with Crippen LogP contribution in [0.2, 0.25) is 5.02 Å². The van der Waals surface area contributed by atoms with Crippen LogP contribution in [-0.2, 0) is 11.2 Å². The monoisotopic (exact) mass is 350 g/mol. The third-order valence-corrected chi connectivity index (χ3v) is 4.35. The highest BCUT2D eigenvalue weighted by Crippen LogP contribution is 2.31. The number of halogens is 1. The number of rotatable bonds is 3. The summed E-state index contributed by atoms with van der Waals surface area (Å²) in [6.45, 7) is 0. The number of pyridine rings is 1. The molecule has 0 radical (unpaired) electrons. The molecule has 25 heavy (non-hydrogen) atoms. The Bertz CT molecular complexity index is 911. The van der Waals surface area contributed by atoms with Crippen LogP contribution in [0.1, 0.15) is 5.56 Å². The van der Waals surface area contributed by atoms with Crippen molar-refractivity contribution in [3.8, 4) is 16.9 Å². The Morgan fingerprint density at radius 2 is 1.92 bits per heavy atom. The Balaban J connectivity index is 1.43. The number of ether oxygens (including phenoxy) is 1. The van der Waals surface area contributed by atoms with Crippen molar-refractivity contribution in [1.82, 2.24) is 4.98 Å². The molecule has 1 aliphatic heterocycles. The normalized spacial score (nSPS) is 15.3. The molecule has 1 amide bonds. The van der Waals surface area contributed by atoms with Gasteiger partial charge in [-0.3, -0.25) is 4.79 Å². The molecule has 1 atom stereocenters. The van der Waals surface area contributed by atoms with Gasteiger partial charge >= 0.3 is 0 Å². The minimum atomic E-state index is -0.566. The predicted molar refractivity (Wildman–Crippen MR) is 97.9 cm³/mol. The number of benzene rings is 2. The first-order valence-electron chi connectivity index (χ1n) is 7.96. The minimum absolute atomic E-state index is 0.215. The molecule has 2 heterocycles. The molecule has 0 fully saturated rings. The van der Waals surface area contributed by atoms with Crippen molar-refractivity contribution >= 4 is 23.3 Å². The van der Waals surface area contributed by atoms with Crippen molar-refractivity contribution in [2.45, 2.75) is 12.5 Å². The SMILES string of the molecule is O=C(Nc1ccc(-c2ccccc2)cn1)C1Cc2cc(Cl)ccc2O1. The summed E-state index contributed by atoms with van der Waals surface area (Å²) in [5, 5.41) is 3.44. The van der Waals surface area contributed by atoms with Gasteiger partial charge in [0.15, 0.2) is 6.10 Å². The van der Waals surface area contributed by atoms with Gasteiger partial charge in [-0.1, -0.05) is 41.9 Å². The van der Waals surface area contributed by atoms with Gasteiger partial charge < -0.3 is 10.1 Å². The third-order valence-electron chi connectivity index (χ3n) is 4.11. The molecule has 4 rings (SSSR count). The summed E-state index contributed by atoms with van der Waals surface area (Å²) in [4.78, 5) is 16.7. The van der Waals surface area contributed by atoms with Gasteiger partial charge in [0.1, 0.15) is 11.6 Å². The Labute approximate surface area is 150 Å². The van der Waals surface area contributed by atoms with E-state index in [2.05, 4.69) is 10.3 Å². The van der Waals surface area contributed by atoms with E-state index < -0.39 is 6.10 Å². The minimum Gasteiger partial charge on any atom is -0.480 e. The van der Waals surface area contributed by atoms with Crippen molar-refractivity contribution in [2.75, 3.05) is 5.32 Å². The van der Waals surface area contributed by atoms with Crippen molar-refractivity contribution in [3.63, 3.8) is 0 Å². The third kappa shape index (κ3) is 3.35. The van der Waals surface area contributed by atoms with Gasteiger partial charge in [0.2, 0.25) is 0 Å². The number of hydrogen-bond donors (Lipinski definition) is 1. The van der Waals surface area contributed by atoms with Crippen molar-refractivity contribution in [1.29, 1.82) is 0 Å². The van der Waals surface area contributed by atoms with Gasteiger partial charge in [0.25, 0.3) is 5.91 Å². The number of carbonyl (C=O) groups excluding carboxylic acids is 1. The highest BCUT2D eigenvalue weighted by Gasteiger charge is 2.29. The molecule has 0 aliphatic carbocycles. The Kier molecular flexibility index (Phi) is 4.12. The largest absolute Gasteiger partial charge is 0.480 e. The molecule has 0 saturated heterocycles. The smallest absolute Gasteiger partial charge is 0.266 e. The van der Waals surface area contributed by atoms with Gasteiger partial charge in [-0.05, 0) is 41.5 Å². The first kappa shape index (κ1) is 15.7. The fraction of sp³-hybridized carbons (Fsp3) is 0.100. The lowest BCUT2D eigenvalue weighted by atomic mass is 10.1. The van der Waals surface area contributed by atoms with Gasteiger partial charge in [-0.15, -0.1) is 0 Å². The zero-order valence-electron chi connectivity index (χ0n) is 13.3. The van der Waals surface area contributed by atoms with Gasteiger partial charge in [-0.2, -0.15) is 0 Å². The van der Waals surface area contributed by atoms with E-state index in [1.165, 1.54) is 0 Å². The Morgan fingerprint density at radius 3 is 2.68 bits per heavy atom. The molecule has 0 saturated carbocycles. The molecular weight excluding hydrogens is 336 g/mol. The van der Waals surface area contributed by atoms with Crippen LogP contribution in [0.3, 0.4) is 0 Å². The second kappa shape index (κ2) is 6.57. The maximum Gasteiger partial charge on any atom is 0.266 e. The molecule has 0 bridgehead atoms. The number of amides is 1. The highest BCUT2D eigenvalue weighted by atomic mass is 35.5. The van der Waals surface area contributed by atoms with Crippen molar-refractivity contribution < 1.29 is 9.53 Å². The predicted octanol–water partition coefficient (Wildman–Crippen LogP) is 4.34. The average Bonchev–Trinajstić information content (AvgIpc) is 3.06. The van der Waals surface area contributed by atoms with Gasteiger partial charge in [-0.25, -0.2) is 4.98 Å². The van der Waals surface area contributed by atoms with E-state index in [0.717, 1.165) is 16.7 Å². The molecule has 1 aromatic heterocycles. The molecular formula is C20H15ClN2O2. The van der Waals surface area contributed by atoms with E-state index in [4.69, 9.17) is 16.3 Å². The van der Waals surface area contributed by atoms with E-state index in [0.29, 0.717) is 23.0 Å². The van der Waals surface area contributed by atoms with Crippen molar-refractivity contribution in [3.05, 3.63) is 77.4 Å². The van der Waals surface area contributed by atoms with E-state index in [9.17, 15) is 4.79 Å². The van der Waals surface area contributed by atoms with Crippen LogP contribution in [0.25, 0.3) is 11.1 Å². The van der Waals surface area contributed by atoms with Crippen LogP contribution >= 0.6 is 11.6 Å². The summed E-state index contributed by atoms with van der Waals surface area (Å²) in [7, 11) is 0. The Morgan fingerprint density at radius 1 is 1.08 bits per heavy atom. The number of hydrogen-bond acceptors (Lipinski definition) is 3. The molecule has 1 unspecified atom stereocenters. The van der Waals surface area contributed by atoms with Crippen LogP contribution in [0.5, 0.6) is 5.75 Å². The standard InChI is InChI=1S/C20H15ClN2O2/c21-16-7-8-17-15(10-16)11-18(25-17)20(24)23-19-9-6-14(12-22-19)13-4-2-1-3-5-13/h1-10,12,18H,11H2,(H,22,23,24). The lowest BCUT2D eigenvalue weighted by Gasteiger charge is -2.11. The maximum absolute atomic E-state index is 12.4. The number of nitrogens with one attached hydrogen (secondary N) is 1. The molecule has 5 heteroatoms. The van der Waals surface area contributed by atoms with Gasteiger partial charge in [0.05, 0.1) is 0 Å². The van der Waals surface area contributed by atoms with E-state index in [1.807, 2.05) is 42.5 Å². The van der Waals surface area contributed by atoms with Crippen molar-refractivity contribution in [2.24, 2.45) is 0 Å². The average molecular weight is 351 g/mol. The second-order valence-corrected chi connectivity index (χ2v) is 6.29. The number of nitrogens with zero attached hydrogens (tertiary/aromatic N) is 1. The summed E-state index contributed by atoms with van der Waals surface area (Å²) in [5.41, 5.74) is 3.03. The number of carbonyl (C=O) groups is 1.